The average Bonchev–Trinajstić information content (AvgIpc) is 2.95. The van der Waals surface area contributed by atoms with Crippen molar-refractivity contribution in [2.45, 2.75) is 6.54 Å². The van der Waals surface area contributed by atoms with E-state index in [0.29, 0.717) is 6.54 Å². The Kier molecular flexibility index (Phi) is 4.06. The van der Waals surface area contributed by atoms with Crippen LogP contribution in [0, 0.1) is 0 Å². The number of rotatable bonds is 5. The summed E-state index contributed by atoms with van der Waals surface area (Å²) in [6.45, 7) is 0.689. The lowest BCUT2D eigenvalue weighted by atomic mass is 10.2. The number of hydrogen-bond donors (Lipinski definition) is 0. The van der Waals surface area contributed by atoms with E-state index in [2.05, 4.69) is 14.9 Å². The van der Waals surface area contributed by atoms with Gasteiger partial charge in [0.15, 0.2) is 0 Å². The van der Waals surface area contributed by atoms with Crippen molar-refractivity contribution in [3.63, 3.8) is 0 Å². The SMILES string of the molecule is COc1cc(CN(C)c2ncnc3c2ccn3C)cc(OC)c1. The van der Waals surface area contributed by atoms with Crippen LogP contribution in [0.2, 0.25) is 0 Å². The molecular weight excluding hydrogens is 292 g/mol. The molecule has 0 atom stereocenters. The minimum atomic E-state index is 0.689. The zero-order chi connectivity index (χ0) is 16.4. The minimum Gasteiger partial charge on any atom is -0.497 e. The van der Waals surface area contributed by atoms with Gasteiger partial charge in [0.1, 0.15) is 29.3 Å². The van der Waals surface area contributed by atoms with E-state index in [4.69, 9.17) is 9.47 Å². The zero-order valence-electron chi connectivity index (χ0n) is 13.8. The maximum Gasteiger partial charge on any atom is 0.145 e. The lowest BCUT2D eigenvalue weighted by Crippen LogP contribution is -2.18. The molecule has 23 heavy (non-hydrogen) atoms. The molecule has 2 heterocycles. The smallest absolute Gasteiger partial charge is 0.145 e. The van der Waals surface area contributed by atoms with E-state index in [1.54, 1.807) is 20.5 Å². The van der Waals surface area contributed by atoms with Crippen molar-refractivity contribution >= 4 is 16.9 Å². The van der Waals surface area contributed by atoms with Crippen LogP contribution in [0.1, 0.15) is 5.56 Å². The van der Waals surface area contributed by atoms with Crippen LogP contribution in [0.4, 0.5) is 5.82 Å². The van der Waals surface area contributed by atoms with Crippen LogP contribution in [-0.2, 0) is 13.6 Å². The largest absolute Gasteiger partial charge is 0.497 e. The van der Waals surface area contributed by atoms with Gasteiger partial charge in [-0.1, -0.05) is 0 Å². The molecule has 0 radical (unpaired) electrons. The lowest BCUT2D eigenvalue weighted by molar-refractivity contribution is 0.393. The molecule has 3 rings (SSSR count). The Morgan fingerprint density at radius 2 is 1.78 bits per heavy atom. The van der Waals surface area contributed by atoms with Crippen molar-refractivity contribution in [3.05, 3.63) is 42.4 Å². The monoisotopic (exact) mass is 312 g/mol. The van der Waals surface area contributed by atoms with E-state index in [9.17, 15) is 0 Å². The molecule has 3 aromatic rings. The Bertz CT molecular complexity index is 806. The highest BCUT2D eigenvalue weighted by Gasteiger charge is 2.12. The predicted octanol–water partition coefficient (Wildman–Crippen LogP) is 2.62. The van der Waals surface area contributed by atoms with E-state index >= 15 is 0 Å². The van der Waals surface area contributed by atoms with Crippen molar-refractivity contribution in [1.82, 2.24) is 14.5 Å². The molecule has 0 aliphatic carbocycles. The highest BCUT2D eigenvalue weighted by atomic mass is 16.5. The molecule has 6 heteroatoms. The number of hydrogen-bond acceptors (Lipinski definition) is 5. The van der Waals surface area contributed by atoms with Gasteiger partial charge in [0.2, 0.25) is 0 Å². The summed E-state index contributed by atoms with van der Waals surface area (Å²) in [5.41, 5.74) is 2.01. The summed E-state index contributed by atoms with van der Waals surface area (Å²) in [5.74, 6) is 2.46. The van der Waals surface area contributed by atoms with Gasteiger partial charge in [-0.3, -0.25) is 0 Å². The molecule has 120 valence electrons. The second-order valence-electron chi connectivity index (χ2n) is 5.44. The van der Waals surface area contributed by atoms with Gasteiger partial charge in [-0.15, -0.1) is 0 Å². The molecule has 0 amide bonds. The summed E-state index contributed by atoms with van der Waals surface area (Å²) in [6, 6.07) is 7.90. The van der Waals surface area contributed by atoms with Crippen molar-refractivity contribution < 1.29 is 9.47 Å². The Balaban J connectivity index is 1.93. The summed E-state index contributed by atoms with van der Waals surface area (Å²) in [5, 5.41) is 1.03. The van der Waals surface area contributed by atoms with Crippen LogP contribution in [0.25, 0.3) is 11.0 Å². The van der Waals surface area contributed by atoms with Crippen molar-refractivity contribution in [1.29, 1.82) is 0 Å². The molecule has 0 aliphatic heterocycles. The Morgan fingerprint density at radius 1 is 1.09 bits per heavy atom. The fourth-order valence-corrected chi connectivity index (χ4v) is 2.67. The number of methoxy groups -OCH3 is 2. The second-order valence-corrected chi connectivity index (χ2v) is 5.44. The first kappa shape index (κ1) is 15.1. The lowest BCUT2D eigenvalue weighted by Gasteiger charge is -2.19. The standard InChI is InChI=1S/C17H20N4O2/c1-20-6-5-15-16(20)18-11-19-17(15)21(2)10-12-7-13(22-3)9-14(8-12)23-4/h5-9,11H,10H2,1-4H3. The Labute approximate surface area is 135 Å². The third kappa shape index (κ3) is 2.92. The fourth-order valence-electron chi connectivity index (χ4n) is 2.67. The van der Waals surface area contributed by atoms with Crippen LogP contribution in [0.15, 0.2) is 36.8 Å². The van der Waals surface area contributed by atoms with E-state index < -0.39 is 0 Å². The van der Waals surface area contributed by atoms with Gasteiger partial charge in [0, 0.05) is 32.9 Å². The maximum atomic E-state index is 5.33. The van der Waals surface area contributed by atoms with Gasteiger partial charge in [0.25, 0.3) is 0 Å². The number of aryl methyl sites for hydroxylation is 1. The molecule has 2 aromatic heterocycles. The minimum absolute atomic E-state index is 0.689. The molecule has 0 saturated heterocycles. The van der Waals surface area contributed by atoms with Gasteiger partial charge < -0.3 is 18.9 Å². The summed E-state index contributed by atoms with van der Waals surface area (Å²) >= 11 is 0. The van der Waals surface area contributed by atoms with Crippen molar-refractivity contribution in [2.75, 3.05) is 26.2 Å². The molecule has 6 nitrogen and oxygen atoms in total. The molecule has 0 N–H and O–H groups in total. The predicted molar refractivity (Wildman–Crippen MR) is 90.2 cm³/mol. The second kappa shape index (κ2) is 6.16. The Hall–Kier alpha value is -2.76. The normalized spacial score (nSPS) is 10.8. The van der Waals surface area contributed by atoms with E-state index in [0.717, 1.165) is 33.9 Å². The van der Waals surface area contributed by atoms with Gasteiger partial charge in [0.05, 0.1) is 19.6 Å². The molecule has 0 unspecified atom stereocenters. The third-order valence-electron chi connectivity index (χ3n) is 3.83. The first-order valence-electron chi connectivity index (χ1n) is 7.31. The van der Waals surface area contributed by atoms with E-state index in [-0.39, 0.29) is 0 Å². The number of aromatic nitrogens is 3. The van der Waals surface area contributed by atoms with Gasteiger partial charge in [-0.25, -0.2) is 9.97 Å². The summed E-state index contributed by atoms with van der Waals surface area (Å²) in [6.07, 6.45) is 3.59. The zero-order valence-corrected chi connectivity index (χ0v) is 13.8. The van der Waals surface area contributed by atoms with Crippen LogP contribution < -0.4 is 14.4 Å². The van der Waals surface area contributed by atoms with E-state index in [1.165, 1.54) is 0 Å². The summed E-state index contributed by atoms with van der Waals surface area (Å²) < 4.78 is 12.7. The Morgan fingerprint density at radius 3 is 2.43 bits per heavy atom. The van der Waals surface area contributed by atoms with Gasteiger partial charge >= 0.3 is 0 Å². The molecule has 0 saturated carbocycles. The fraction of sp³-hybridized carbons (Fsp3) is 0.294. The van der Waals surface area contributed by atoms with Gasteiger partial charge in [-0.05, 0) is 23.8 Å². The number of nitrogens with zero attached hydrogens (tertiary/aromatic N) is 4. The molecule has 0 bridgehead atoms. The summed E-state index contributed by atoms with van der Waals surface area (Å²) in [7, 11) is 7.30. The average molecular weight is 312 g/mol. The highest BCUT2D eigenvalue weighted by molar-refractivity contribution is 5.87. The number of ether oxygens (including phenoxy) is 2. The first-order valence-corrected chi connectivity index (χ1v) is 7.31. The number of anilines is 1. The molecular formula is C17H20N4O2. The van der Waals surface area contributed by atoms with Crippen LogP contribution in [-0.4, -0.2) is 35.8 Å². The molecule has 1 aromatic carbocycles. The maximum absolute atomic E-state index is 5.33. The number of benzene rings is 1. The number of fused-ring (bicyclic) bond motifs is 1. The molecule has 0 fully saturated rings. The summed E-state index contributed by atoms with van der Waals surface area (Å²) in [4.78, 5) is 10.9. The van der Waals surface area contributed by atoms with E-state index in [1.807, 2.05) is 49.1 Å². The molecule has 0 spiro atoms. The topological polar surface area (TPSA) is 52.4 Å². The van der Waals surface area contributed by atoms with Gasteiger partial charge in [-0.2, -0.15) is 0 Å². The molecule has 0 aliphatic rings. The van der Waals surface area contributed by atoms with Crippen LogP contribution in [0.3, 0.4) is 0 Å². The highest BCUT2D eigenvalue weighted by Crippen LogP contribution is 2.27. The first-order chi connectivity index (χ1) is 11.1. The van der Waals surface area contributed by atoms with Crippen molar-refractivity contribution in [2.24, 2.45) is 7.05 Å². The third-order valence-corrected chi connectivity index (χ3v) is 3.83. The van der Waals surface area contributed by atoms with Crippen LogP contribution in [0.5, 0.6) is 11.5 Å². The van der Waals surface area contributed by atoms with Crippen molar-refractivity contribution in [3.8, 4) is 11.5 Å². The quantitative estimate of drug-likeness (QED) is 0.725. The van der Waals surface area contributed by atoms with Crippen LogP contribution >= 0.6 is 0 Å².